The Kier molecular flexibility index (Phi) is 8.82. The number of aryl methyl sites for hydroxylation is 1. The van der Waals surface area contributed by atoms with E-state index in [0.29, 0.717) is 12.2 Å². The molecule has 3 aromatic rings. The van der Waals surface area contributed by atoms with Crippen LogP contribution in [0.5, 0.6) is 0 Å². The highest BCUT2D eigenvalue weighted by atomic mass is 35.5. The molecule has 0 aliphatic rings. The van der Waals surface area contributed by atoms with Crippen LogP contribution in [0.1, 0.15) is 56.7 Å². The number of amides is 1. The summed E-state index contributed by atoms with van der Waals surface area (Å²) >= 11 is 1.59. The van der Waals surface area contributed by atoms with Gasteiger partial charge in [0.15, 0.2) is 5.13 Å². The summed E-state index contributed by atoms with van der Waals surface area (Å²) in [5, 5.41) is 5.11. The van der Waals surface area contributed by atoms with Crippen molar-refractivity contribution < 1.29 is 4.79 Å². The summed E-state index contributed by atoms with van der Waals surface area (Å²) in [6.45, 7) is 13.8. The molecule has 3 rings (SSSR count). The highest BCUT2D eigenvalue weighted by Crippen LogP contribution is 2.32. The van der Waals surface area contributed by atoms with E-state index in [9.17, 15) is 4.79 Å². The number of nitrogens with zero attached hydrogens (tertiary/aromatic N) is 5. The van der Waals surface area contributed by atoms with Crippen molar-refractivity contribution in [2.24, 2.45) is 0 Å². The van der Waals surface area contributed by atoms with Crippen molar-refractivity contribution in [1.29, 1.82) is 0 Å². The maximum absolute atomic E-state index is 13.6. The van der Waals surface area contributed by atoms with Gasteiger partial charge >= 0.3 is 0 Å². The van der Waals surface area contributed by atoms with Crippen LogP contribution in [0, 0.1) is 0 Å². The summed E-state index contributed by atoms with van der Waals surface area (Å²) in [5.41, 5.74) is 2.83. The fraction of sp³-hybridized carbons (Fsp3) is 0.500. The fourth-order valence-electron chi connectivity index (χ4n) is 3.49. The van der Waals surface area contributed by atoms with Crippen LogP contribution in [0.4, 0.5) is 5.13 Å². The third-order valence-corrected chi connectivity index (χ3v) is 6.30. The second-order valence-corrected chi connectivity index (χ2v) is 8.36. The van der Waals surface area contributed by atoms with E-state index in [4.69, 9.17) is 4.98 Å². The first-order valence-corrected chi connectivity index (χ1v) is 11.3. The Balaban J connectivity index is 0.00000320. The summed E-state index contributed by atoms with van der Waals surface area (Å²) in [4.78, 5) is 22.6. The van der Waals surface area contributed by atoms with Crippen molar-refractivity contribution >= 4 is 45.0 Å². The average Bonchev–Trinajstić information content (AvgIpc) is 3.37. The first-order valence-electron chi connectivity index (χ1n) is 10.5. The third kappa shape index (κ3) is 5.02. The molecule has 0 saturated carbocycles. The Morgan fingerprint density at radius 2 is 1.87 bits per heavy atom. The second kappa shape index (κ2) is 10.9. The number of halogens is 1. The Hall–Kier alpha value is -1.96. The van der Waals surface area contributed by atoms with Crippen molar-refractivity contribution in [2.45, 2.75) is 47.1 Å². The van der Waals surface area contributed by atoms with Crippen LogP contribution >= 0.6 is 23.7 Å². The Labute approximate surface area is 189 Å². The predicted molar refractivity (Wildman–Crippen MR) is 128 cm³/mol. The van der Waals surface area contributed by atoms with Gasteiger partial charge < -0.3 is 4.90 Å². The Morgan fingerprint density at radius 1 is 1.13 bits per heavy atom. The van der Waals surface area contributed by atoms with Crippen molar-refractivity contribution in [3.8, 4) is 0 Å². The minimum atomic E-state index is -0.0412. The molecule has 2 heterocycles. The monoisotopic (exact) mass is 449 g/mol. The van der Waals surface area contributed by atoms with E-state index in [-0.39, 0.29) is 24.4 Å². The molecule has 0 atom stereocenters. The van der Waals surface area contributed by atoms with Gasteiger partial charge in [0, 0.05) is 25.3 Å². The summed E-state index contributed by atoms with van der Waals surface area (Å²) in [7, 11) is 0. The van der Waals surface area contributed by atoms with Crippen LogP contribution in [-0.2, 0) is 6.42 Å². The van der Waals surface area contributed by atoms with Crippen LogP contribution in [0.15, 0.2) is 30.5 Å². The number of benzene rings is 1. The van der Waals surface area contributed by atoms with E-state index in [1.54, 1.807) is 28.3 Å². The zero-order valence-corrected chi connectivity index (χ0v) is 20.1. The summed E-state index contributed by atoms with van der Waals surface area (Å²) < 4.78 is 2.91. The Morgan fingerprint density at radius 3 is 2.50 bits per heavy atom. The van der Waals surface area contributed by atoms with E-state index in [2.05, 4.69) is 49.0 Å². The molecule has 1 amide bonds. The molecule has 164 valence electrons. The molecule has 0 aliphatic heterocycles. The molecule has 0 aliphatic carbocycles. The average molecular weight is 450 g/mol. The molecule has 0 radical (unpaired) electrons. The number of aromatic nitrogens is 3. The van der Waals surface area contributed by atoms with Gasteiger partial charge in [-0.15, -0.1) is 12.4 Å². The predicted octanol–water partition coefficient (Wildman–Crippen LogP) is 5.05. The lowest BCUT2D eigenvalue weighted by Gasteiger charge is -2.25. The SMILES string of the molecule is CCc1cccc2sc(N(CCN(CC)CC)C(=O)c3ccnn3C(C)C)nc12.Cl. The standard InChI is InChI=1S/C22H31N5OS.ClH/c1-6-17-10-9-11-19-20(17)24-22(29-19)26(15-14-25(7-2)8-3)21(28)18-12-13-23-27(18)16(4)5;/h9-13,16H,6-8,14-15H2,1-5H3;1H. The van der Waals surface area contributed by atoms with Crippen molar-refractivity contribution in [3.63, 3.8) is 0 Å². The smallest absolute Gasteiger partial charge is 0.278 e. The van der Waals surface area contributed by atoms with Gasteiger partial charge in [0.1, 0.15) is 5.69 Å². The lowest BCUT2D eigenvalue weighted by molar-refractivity contribution is 0.0971. The van der Waals surface area contributed by atoms with E-state index in [0.717, 1.165) is 41.4 Å². The van der Waals surface area contributed by atoms with Gasteiger partial charge in [-0.3, -0.25) is 14.4 Å². The first kappa shape index (κ1) is 24.3. The molecule has 8 heteroatoms. The molecule has 0 N–H and O–H groups in total. The molecular formula is C22H32ClN5OS. The fourth-order valence-corrected chi connectivity index (χ4v) is 4.53. The normalized spacial score (nSPS) is 11.3. The minimum Gasteiger partial charge on any atom is -0.302 e. The maximum atomic E-state index is 13.6. The topological polar surface area (TPSA) is 54.3 Å². The molecule has 1 aromatic carbocycles. The maximum Gasteiger partial charge on any atom is 0.278 e. The van der Waals surface area contributed by atoms with Crippen molar-refractivity contribution in [2.75, 3.05) is 31.1 Å². The van der Waals surface area contributed by atoms with E-state index < -0.39 is 0 Å². The van der Waals surface area contributed by atoms with E-state index in [1.807, 2.05) is 18.7 Å². The summed E-state index contributed by atoms with van der Waals surface area (Å²) in [6, 6.07) is 8.19. The zero-order valence-electron chi connectivity index (χ0n) is 18.5. The molecule has 0 saturated heterocycles. The number of carbonyl (C=O) groups excluding carboxylic acids is 1. The second-order valence-electron chi connectivity index (χ2n) is 7.35. The van der Waals surface area contributed by atoms with Gasteiger partial charge in [-0.2, -0.15) is 5.10 Å². The van der Waals surface area contributed by atoms with Crippen LogP contribution in [0.2, 0.25) is 0 Å². The number of likely N-dealkylation sites (N-methyl/N-ethyl adjacent to an activating group) is 1. The number of para-hydroxylation sites is 1. The largest absolute Gasteiger partial charge is 0.302 e. The van der Waals surface area contributed by atoms with E-state index >= 15 is 0 Å². The molecular weight excluding hydrogens is 418 g/mol. The summed E-state index contributed by atoms with van der Waals surface area (Å²) in [6.07, 6.45) is 2.62. The lowest BCUT2D eigenvalue weighted by Crippen LogP contribution is -2.39. The van der Waals surface area contributed by atoms with E-state index in [1.165, 1.54) is 5.56 Å². The van der Waals surface area contributed by atoms with Gasteiger partial charge in [-0.25, -0.2) is 4.98 Å². The number of anilines is 1. The molecule has 0 spiro atoms. The summed E-state index contributed by atoms with van der Waals surface area (Å²) in [5.74, 6) is -0.0412. The number of fused-ring (bicyclic) bond motifs is 1. The van der Waals surface area contributed by atoms with Gasteiger partial charge in [-0.05, 0) is 51.1 Å². The molecule has 0 fully saturated rings. The highest BCUT2D eigenvalue weighted by molar-refractivity contribution is 7.22. The van der Waals surface area contributed by atoms with Crippen LogP contribution in [-0.4, -0.2) is 51.8 Å². The van der Waals surface area contributed by atoms with Gasteiger partial charge in [0.05, 0.1) is 10.2 Å². The molecule has 30 heavy (non-hydrogen) atoms. The first-order chi connectivity index (χ1) is 14.0. The van der Waals surface area contributed by atoms with Crippen LogP contribution < -0.4 is 4.90 Å². The number of hydrogen-bond donors (Lipinski definition) is 0. The molecule has 0 bridgehead atoms. The Bertz CT molecular complexity index is 964. The van der Waals surface area contributed by atoms with Crippen molar-refractivity contribution in [1.82, 2.24) is 19.7 Å². The number of thiazole rings is 1. The lowest BCUT2D eigenvalue weighted by atomic mass is 10.1. The van der Waals surface area contributed by atoms with Crippen LogP contribution in [0.25, 0.3) is 10.2 Å². The quantitative estimate of drug-likeness (QED) is 0.458. The minimum absolute atomic E-state index is 0. The van der Waals surface area contributed by atoms with Crippen LogP contribution in [0.3, 0.4) is 0 Å². The van der Waals surface area contributed by atoms with Gasteiger partial charge in [0.2, 0.25) is 0 Å². The number of carbonyl (C=O) groups is 1. The highest BCUT2D eigenvalue weighted by Gasteiger charge is 2.25. The molecule has 6 nitrogen and oxygen atoms in total. The number of rotatable bonds is 9. The zero-order chi connectivity index (χ0) is 21.0. The molecule has 2 aromatic heterocycles. The van der Waals surface area contributed by atoms with Gasteiger partial charge in [-0.1, -0.05) is 44.2 Å². The van der Waals surface area contributed by atoms with Gasteiger partial charge in [0.25, 0.3) is 5.91 Å². The number of hydrogen-bond acceptors (Lipinski definition) is 5. The third-order valence-electron chi connectivity index (χ3n) is 5.26. The molecule has 0 unspecified atom stereocenters. The van der Waals surface area contributed by atoms with Crippen molar-refractivity contribution in [3.05, 3.63) is 41.7 Å².